The van der Waals surface area contributed by atoms with Crippen molar-refractivity contribution in [1.29, 1.82) is 0 Å². The molecule has 1 aromatic carbocycles. The van der Waals surface area contributed by atoms with Crippen molar-refractivity contribution in [2.45, 2.75) is 39.3 Å². The molecule has 1 aliphatic rings. The Balaban J connectivity index is 1.69. The number of ether oxygens (including phenoxy) is 1. The SMILES string of the molecule is Cc1nc(COc2ccc(F)cc2)sc1C(=O)N1CCC(C)CC1CN. The molecule has 5 nitrogen and oxygen atoms in total. The van der Waals surface area contributed by atoms with Crippen LogP contribution in [0.4, 0.5) is 4.39 Å². The summed E-state index contributed by atoms with van der Waals surface area (Å²) in [6, 6.07) is 5.93. The van der Waals surface area contributed by atoms with Crippen molar-refractivity contribution in [2.24, 2.45) is 11.7 Å². The van der Waals surface area contributed by atoms with Crippen LogP contribution in [0.15, 0.2) is 24.3 Å². The Morgan fingerprint density at radius 3 is 2.85 bits per heavy atom. The number of piperidine rings is 1. The van der Waals surface area contributed by atoms with E-state index in [0.29, 0.717) is 28.8 Å². The Morgan fingerprint density at radius 1 is 1.42 bits per heavy atom. The van der Waals surface area contributed by atoms with Crippen LogP contribution in [-0.4, -0.2) is 34.9 Å². The van der Waals surface area contributed by atoms with Crippen LogP contribution >= 0.6 is 11.3 Å². The molecule has 0 bridgehead atoms. The first-order chi connectivity index (χ1) is 12.5. The zero-order valence-corrected chi connectivity index (χ0v) is 15.9. The number of benzene rings is 1. The fraction of sp³-hybridized carbons (Fsp3) is 0.474. The van der Waals surface area contributed by atoms with Crippen molar-refractivity contribution < 1.29 is 13.9 Å². The van der Waals surface area contributed by atoms with Gasteiger partial charge in [-0.05, 0) is 49.9 Å². The van der Waals surface area contributed by atoms with Crippen LogP contribution in [0.3, 0.4) is 0 Å². The van der Waals surface area contributed by atoms with Crippen LogP contribution in [0, 0.1) is 18.7 Å². The molecule has 2 atom stereocenters. The number of likely N-dealkylation sites (tertiary alicyclic amines) is 1. The van der Waals surface area contributed by atoms with E-state index in [1.807, 2.05) is 11.8 Å². The molecule has 2 aromatic rings. The number of carbonyl (C=O) groups excluding carboxylic acids is 1. The van der Waals surface area contributed by atoms with Gasteiger partial charge in [0.15, 0.2) is 0 Å². The number of halogens is 1. The van der Waals surface area contributed by atoms with E-state index in [-0.39, 0.29) is 24.4 Å². The van der Waals surface area contributed by atoms with Gasteiger partial charge in [-0.1, -0.05) is 6.92 Å². The Morgan fingerprint density at radius 2 is 2.15 bits per heavy atom. The van der Waals surface area contributed by atoms with Gasteiger partial charge in [-0.2, -0.15) is 0 Å². The molecule has 1 saturated heterocycles. The highest BCUT2D eigenvalue weighted by atomic mass is 32.1. The predicted octanol–water partition coefficient (Wildman–Crippen LogP) is 3.37. The van der Waals surface area contributed by atoms with Gasteiger partial charge in [0.25, 0.3) is 5.91 Å². The van der Waals surface area contributed by atoms with E-state index in [1.165, 1.54) is 23.5 Å². The Labute approximate surface area is 157 Å². The highest BCUT2D eigenvalue weighted by Gasteiger charge is 2.31. The van der Waals surface area contributed by atoms with Gasteiger partial charge in [-0.15, -0.1) is 11.3 Å². The molecule has 0 saturated carbocycles. The molecule has 2 heterocycles. The smallest absolute Gasteiger partial charge is 0.266 e. The summed E-state index contributed by atoms with van der Waals surface area (Å²) in [7, 11) is 0. The van der Waals surface area contributed by atoms with E-state index in [1.54, 1.807) is 12.1 Å². The largest absolute Gasteiger partial charge is 0.486 e. The standard InChI is InChI=1S/C19H24FN3O2S/c1-12-7-8-23(15(9-12)10-21)19(24)18-13(2)22-17(26-18)11-25-16-5-3-14(20)4-6-16/h3-6,12,15H,7-11,21H2,1-2H3. The monoisotopic (exact) mass is 377 g/mol. The fourth-order valence-corrected chi connectivity index (χ4v) is 4.20. The predicted molar refractivity (Wildman–Crippen MR) is 99.9 cm³/mol. The maximum Gasteiger partial charge on any atom is 0.266 e. The fourth-order valence-electron chi connectivity index (χ4n) is 3.26. The Kier molecular flexibility index (Phi) is 5.88. The average Bonchev–Trinajstić information content (AvgIpc) is 3.01. The number of nitrogens with two attached hydrogens (primary N) is 1. The van der Waals surface area contributed by atoms with Crippen molar-refractivity contribution in [1.82, 2.24) is 9.88 Å². The normalized spacial score (nSPS) is 20.2. The summed E-state index contributed by atoms with van der Waals surface area (Å²) in [5.74, 6) is 0.867. The van der Waals surface area contributed by atoms with Crippen molar-refractivity contribution in [3.8, 4) is 5.75 Å². The second-order valence-corrected chi connectivity index (χ2v) is 7.87. The van der Waals surface area contributed by atoms with Crippen molar-refractivity contribution in [3.05, 3.63) is 45.7 Å². The number of carbonyl (C=O) groups is 1. The highest BCUT2D eigenvalue weighted by Crippen LogP contribution is 2.27. The number of hydrogen-bond acceptors (Lipinski definition) is 5. The van der Waals surface area contributed by atoms with Gasteiger partial charge >= 0.3 is 0 Å². The van der Waals surface area contributed by atoms with Crippen LogP contribution < -0.4 is 10.5 Å². The lowest BCUT2D eigenvalue weighted by Crippen LogP contribution is -2.49. The third-order valence-electron chi connectivity index (χ3n) is 4.72. The summed E-state index contributed by atoms with van der Waals surface area (Å²) in [6.07, 6.45) is 1.95. The molecular weight excluding hydrogens is 353 g/mol. The molecule has 0 radical (unpaired) electrons. The molecule has 140 valence electrons. The number of nitrogens with zero attached hydrogens (tertiary/aromatic N) is 2. The molecule has 7 heteroatoms. The number of amides is 1. The van der Waals surface area contributed by atoms with Gasteiger partial charge in [0.1, 0.15) is 28.1 Å². The third kappa shape index (κ3) is 4.22. The van der Waals surface area contributed by atoms with Crippen LogP contribution in [-0.2, 0) is 6.61 Å². The molecule has 1 amide bonds. The lowest BCUT2D eigenvalue weighted by Gasteiger charge is -2.37. The summed E-state index contributed by atoms with van der Waals surface area (Å²) in [5.41, 5.74) is 6.60. The van der Waals surface area contributed by atoms with Gasteiger partial charge in [0, 0.05) is 19.1 Å². The lowest BCUT2D eigenvalue weighted by atomic mass is 9.92. The van der Waals surface area contributed by atoms with Crippen LogP contribution in [0.1, 0.15) is 40.1 Å². The van der Waals surface area contributed by atoms with E-state index in [4.69, 9.17) is 10.5 Å². The minimum absolute atomic E-state index is 0.00961. The molecule has 2 unspecified atom stereocenters. The van der Waals surface area contributed by atoms with Gasteiger partial charge in [0.2, 0.25) is 0 Å². The van der Waals surface area contributed by atoms with E-state index in [9.17, 15) is 9.18 Å². The number of thiazole rings is 1. The summed E-state index contributed by atoms with van der Waals surface area (Å²) < 4.78 is 18.6. The molecule has 0 aliphatic carbocycles. The van der Waals surface area contributed by atoms with Gasteiger partial charge in [0.05, 0.1) is 5.69 Å². The first-order valence-corrected chi connectivity index (χ1v) is 9.65. The lowest BCUT2D eigenvalue weighted by molar-refractivity contribution is 0.0577. The summed E-state index contributed by atoms with van der Waals surface area (Å²) >= 11 is 1.35. The van der Waals surface area contributed by atoms with Crippen LogP contribution in [0.5, 0.6) is 5.75 Å². The van der Waals surface area contributed by atoms with Crippen molar-refractivity contribution in [3.63, 3.8) is 0 Å². The van der Waals surface area contributed by atoms with Crippen LogP contribution in [0.2, 0.25) is 0 Å². The molecular formula is C19H24FN3O2S. The maximum absolute atomic E-state index is 13.0. The number of aryl methyl sites for hydroxylation is 1. The first-order valence-electron chi connectivity index (χ1n) is 8.83. The molecule has 3 rings (SSSR count). The average molecular weight is 377 g/mol. The zero-order valence-electron chi connectivity index (χ0n) is 15.1. The van der Waals surface area contributed by atoms with Crippen LogP contribution in [0.25, 0.3) is 0 Å². The summed E-state index contributed by atoms with van der Waals surface area (Å²) in [6.45, 7) is 5.51. The van der Waals surface area contributed by atoms with Gasteiger partial charge in [-0.25, -0.2) is 9.37 Å². The molecule has 1 fully saturated rings. The topological polar surface area (TPSA) is 68.5 Å². The van der Waals surface area contributed by atoms with E-state index in [2.05, 4.69) is 11.9 Å². The second kappa shape index (κ2) is 8.14. The minimum Gasteiger partial charge on any atom is -0.486 e. The molecule has 2 N–H and O–H groups in total. The number of rotatable bonds is 5. The molecule has 1 aliphatic heterocycles. The maximum atomic E-state index is 13.0. The summed E-state index contributed by atoms with van der Waals surface area (Å²) in [5, 5.41) is 0.727. The van der Waals surface area contributed by atoms with Gasteiger partial charge in [-0.3, -0.25) is 4.79 Å². The molecule has 1 aromatic heterocycles. The number of hydrogen-bond donors (Lipinski definition) is 1. The molecule has 0 spiro atoms. The number of aromatic nitrogens is 1. The Hall–Kier alpha value is -1.99. The van der Waals surface area contributed by atoms with E-state index in [0.717, 1.165) is 24.4 Å². The van der Waals surface area contributed by atoms with E-state index < -0.39 is 0 Å². The highest BCUT2D eigenvalue weighted by molar-refractivity contribution is 7.13. The van der Waals surface area contributed by atoms with Crippen molar-refractivity contribution >= 4 is 17.2 Å². The van der Waals surface area contributed by atoms with E-state index >= 15 is 0 Å². The Bertz CT molecular complexity index is 763. The minimum atomic E-state index is -0.305. The zero-order chi connectivity index (χ0) is 18.7. The second-order valence-electron chi connectivity index (χ2n) is 6.78. The summed E-state index contributed by atoms with van der Waals surface area (Å²) in [4.78, 5) is 20.0. The first kappa shape index (κ1) is 18.8. The third-order valence-corrected chi connectivity index (χ3v) is 5.84. The molecule has 26 heavy (non-hydrogen) atoms. The van der Waals surface area contributed by atoms with Crippen molar-refractivity contribution in [2.75, 3.05) is 13.1 Å². The quantitative estimate of drug-likeness (QED) is 0.867. The van der Waals surface area contributed by atoms with Gasteiger partial charge < -0.3 is 15.4 Å².